The molecule has 12 aliphatic heterocycles. The van der Waals surface area contributed by atoms with Gasteiger partial charge in [0.1, 0.15) is 111 Å². The van der Waals surface area contributed by atoms with Crippen molar-refractivity contribution in [3.63, 3.8) is 0 Å². The number of benzene rings is 12. The molecule has 0 atom stereocenters. The number of carbonyl (C=O) groups is 2. The minimum Gasteiger partial charge on any atom is -0.491 e. The Morgan fingerprint density at radius 3 is 0.694 bits per heavy atom. The molecule has 0 aliphatic carbocycles. The molecule has 12 aromatic rings. The highest BCUT2D eigenvalue weighted by Crippen LogP contribution is 2.54. The molecule has 12 fully saturated rings. The van der Waals surface area contributed by atoms with E-state index >= 15 is 0 Å². The zero-order valence-electron chi connectivity index (χ0n) is 87.4. The number of esters is 2. The van der Waals surface area contributed by atoms with E-state index in [0.717, 1.165) is 102 Å². The summed E-state index contributed by atoms with van der Waals surface area (Å²) in [5.74, 6) is 4.14. The van der Waals surface area contributed by atoms with Crippen LogP contribution in [0, 0.1) is 5.92 Å². The highest BCUT2D eigenvalue weighted by molar-refractivity contribution is 8.00. The van der Waals surface area contributed by atoms with Gasteiger partial charge in [-0.3, -0.25) is 9.59 Å². The van der Waals surface area contributed by atoms with Crippen molar-refractivity contribution in [3.8, 4) is 34.5 Å². The van der Waals surface area contributed by atoms with Gasteiger partial charge in [-0.25, -0.2) is 0 Å². The van der Waals surface area contributed by atoms with E-state index in [1.54, 1.807) is 42.1 Å². The van der Waals surface area contributed by atoms with Crippen LogP contribution in [0.4, 0.5) is 13.2 Å². The van der Waals surface area contributed by atoms with E-state index in [0.29, 0.717) is 118 Å². The maximum Gasteiger partial charge on any atom is 0.422 e. The Kier molecular flexibility index (Phi) is 38.1. The number of ether oxygens (including phenoxy) is 10. The van der Waals surface area contributed by atoms with E-state index in [9.17, 15) is 22.8 Å². The molecule has 12 bridgehead atoms. The van der Waals surface area contributed by atoms with Gasteiger partial charge in [0.25, 0.3) is 0 Å². The number of halogens is 3. The zero-order valence-corrected chi connectivity index (χ0v) is 92.3. The first-order chi connectivity index (χ1) is 72.1. The molecule has 12 aliphatic rings. The van der Waals surface area contributed by atoms with Crippen LogP contribution in [0.1, 0.15) is 252 Å². The lowest BCUT2D eigenvalue weighted by molar-refractivity contribution is -0.153. The van der Waals surface area contributed by atoms with Crippen LogP contribution in [-0.4, -0.2) is 155 Å². The lowest BCUT2D eigenvalue weighted by Crippen LogP contribution is -2.40. The fraction of sp³-hybridized carbons (Fsp3) is 0.508. The van der Waals surface area contributed by atoms with Crippen LogP contribution in [0.3, 0.4) is 0 Å². The lowest BCUT2D eigenvalue weighted by atomic mass is 9.99. The van der Waals surface area contributed by atoms with Crippen molar-refractivity contribution < 1.29 is 70.1 Å². The summed E-state index contributed by atoms with van der Waals surface area (Å²) in [7, 11) is 7.25. The maximum absolute atomic E-state index is 12.5. The van der Waals surface area contributed by atoms with Gasteiger partial charge in [-0.1, -0.05) is 123 Å². The third-order valence-electron chi connectivity index (χ3n) is 32.6. The van der Waals surface area contributed by atoms with Crippen molar-refractivity contribution in [1.29, 1.82) is 0 Å². The smallest absolute Gasteiger partial charge is 0.422 e. The van der Waals surface area contributed by atoms with E-state index in [2.05, 4.69) is 158 Å². The van der Waals surface area contributed by atoms with Crippen molar-refractivity contribution in [3.05, 3.63) is 218 Å². The summed E-state index contributed by atoms with van der Waals surface area (Å²) in [5.41, 5.74) is 0. The van der Waals surface area contributed by atoms with Crippen LogP contribution < -0.4 is 28.4 Å². The average molecular weight is 2110 g/mol. The van der Waals surface area contributed by atoms with E-state index in [4.69, 9.17) is 47.4 Å². The summed E-state index contributed by atoms with van der Waals surface area (Å²) in [5, 5.41) is 25.0. The molecule has 0 radical (unpaired) electrons. The number of fused-ring (bicyclic) bond motifs is 18. The van der Waals surface area contributed by atoms with Crippen molar-refractivity contribution in [2.24, 2.45) is 5.92 Å². The van der Waals surface area contributed by atoms with Gasteiger partial charge >= 0.3 is 18.1 Å². The average Bonchev–Trinajstić information content (AvgIpc) is 0.784. The summed E-state index contributed by atoms with van der Waals surface area (Å²) in [6, 6.07) is 77.0. The third kappa shape index (κ3) is 25.8. The SMILES string of the molecule is CC(=O)Oc1ccc([S+]2C3CCCC2CCC3)c2ccccc12.CC(C)C(=O)Oc1ccc([S+]2C3CCCC2CCC3)c2ccccc12.COCCOCCOc1ccc([S+]2C3CCCC2CCC3)c2ccccc12.COCCOc1ccc([S+]2C3CCCC2CCC3)c2ccccc12.COCOc1ccc([S+]2C3CCCC2CCC3)c2ccccc12.FC(F)(F)COc1ccc([S+]2C3CCCC2CCC3)c2ccccc12. The molecule has 12 heterocycles. The van der Waals surface area contributed by atoms with E-state index in [1.807, 2.05) is 68.4 Å². The summed E-state index contributed by atoms with van der Waals surface area (Å²) in [4.78, 5) is 32.6. The first-order valence-corrected chi connectivity index (χ1v) is 63.6. The highest BCUT2D eigenvalue weighted by atomic mass is 32.2. The fourth-order valence-corrected chi connectivity index (χ4v) is 47.8. The number of alkyl halides is 3. The van der Waals surface area contributed by atoms with Gasteiger partial charge in [0.05, 0.1) is 32.3 Å². The zero-order chi connectivity index (χ0) is 101. The number of hydrogen-bond acceptors (Lipinski definition) is 12. The topological polar surface area (TPSA) is 126 Å². The van der Waals surface area contributed by atoms with Gasteiger partial charge in [-0.2, -0.15) is 13.2 Å². The van der Waals surface area contributed by atoms with Crippen molar-refractivity contribution in [2.75, 3.05) is 74.4 Å². The normalized spacial score (nSPS) is 26.3. The molecule has 0 unspecified atom stereocenters. The molecule has 12 saturated heterocycles. The van der Waals surface area contributed by atoms with Gasteiger partial charge in [0, 0.05) is 158 Å². The van der Waals surface area contributed by atoms with Gasteiger partial charge in [0.2, 0.25) is 0 Å². The molecule has 147 heavy (non-hydrogen) atoms. The van der Waals surface area contributed by atoms with Gasteiger partial charge < -0.3 is 47.4 Å². The van der Waals surface area contributed by atoms with Crippen LogP contribution in [0.2, 0.25) is 0 Å². The third-order valence-corrected chi connectivity index (χ3v) is 52.1. The Bertz CT molecular complexity index is 6250. The largest absolute Gasteiger partial charge is 0.491 e. The molecule has 0 N–H and O–H groups in total. The second-order valence-electron chi connectivity index (χ2n) is 42.4. The Balaban J connectivity index is 0.000000111. The predicted octanol–water partition coefficient (Wildman–Crippen LogP) is 31.0. The minimum atomic E-state index is -4.32. The number of hydrogen-bond donors (Lipinski definition) is 0. The van der Waals surface area contributed by atoms with Crippen molar-refractivity contribution in [1.82, 2.24) is 0 Å². The summed E-state index contributed by atoms with van der Waals surface area (Å²) in [6.45, 7) is 7.93. The minimum absolute atomic E-state index is 0.113. The highest BCUT2D eigenvalue weighted by Gasteiger charge is 2.54. The van der Waals surface area contributed by atoms with E-state index in [1.165, 1.54) is 296 Å². The van der Waals surface area contributed by atoms with Gasteiger partial charge in [0.15, 0.2) is 42.8 Å². The summed E-state index contributed by atoms with van der Waals surface area (Å²) in [6.07, 6.45) is 45.9. The number of rotatable bonds is 25. The molecular weight excluding hydrogens is 1950 g/mol. The molecule has 21 heteroatoms. The molecule has 12 nitrogen and oxygen atoms in total. The van der Waals surface area contributed by atoms with Crippen LogP contribution in [-0.2, 0) is 93.9 Å². The van der Waals surface area contributed by atoms with Gasteiger partial charge in [-0.15, -0.1) is 0 Å². The molecule has 24 rings (SSSR count). The van der Waals surface area contributed by atoms with Crippen molar-refractivity contribution >= 4 is 142 Å². The summed E-state index contributed by atoms with van der Waals surface area (Å²) >= 11 is 0. The summed E-state index contributed by atoms with van der Waals surface area (Å²) < 4.78 is 92.4. The first kappa shape index (κ1) is 107. The second-order valence-corrected chi connectivity index (χ2v) is 57.5. The standard InChI is InChI=1S/C23H31O3S.C22H27O2S.C21H27O2S.C20H22F3OS.C20H25O2S.C20H23O2S/c1-24-14-15-25-16-17-26-22-12-13-23(21-11-3-2-10-20(21)22)27-18-6-4-7-19(27)9-5-8-18;1-15(2)22(23)24-20-13-14-21(19-12-4-3-11-18(19)20)25-16-7-5-8-17(25)10-6-9-16;1-22-14-15-23-20-12-13-21(19-11-3-2-10-18(19)20)24-16-6-4-7-17(24)9-5-8-16;21-20(22,23)13-24-18-11-12-19(17-10-2-1-9-16(17)18)25-14-5-3-6-15(25)8-4-7-14;1-21-14-22-19-12-13-20(18-11-3-2-10-17(18)19)23-15-6-4-7-16(23)9-5-8-15;1-14(21)22-19-12-13-20(18-11-3-2-10-17(18)19)23-15-6-4-7-16(23)9-5-8-15/h2-3,10-13,18-19H,4-9,14-17H2,1H3;3-4,11-17H,5-10H2,1-2H3;2-3,10-13,16-17H,4-9,14-15H2,1H3;1-2,9-12,14-15H,3-8,13H2;2-3,10-13,15-16H,4-9,14H2,1H3;2-3,10-13,15-16H,4-9H2,1H3/q6*+1. The molecule has 0 amide bonds. The van der Waals surface area contributed by atoms with E-state index < -0.39 is 12.8 Å². The van der Waals surface area contributed by atoms with Gasteiger partial charge in [-0.05, 0) is 340 Å². The van der Waals surface area contributed by atoms with Crippen LogP contribution in [0.5, 0.6) is 34.5 Å². The fourth-order valence-electron chi connectivity index (χ4n) is 26.2. The number of carbonyl (C=O) groups excluding carboxylic acids is 2. The Morgan fingerprint density at radius 1 is 0.259 bits per heavy atom. The second kappa shape index (κ2) is 52.1. The quantitative estimate of drug-likeness (QED) is 0.0178. The predicted molar refractivity (Wildman–Crippen MR) is 611 cm³/mol. The van der Waals surface area contributed by atoms with Crippen LogP contribution >= 0.6 is 0 Å². The van der Waals surface area contributed by atoms with Crippen molar-refractivity contribution in [2.45, 2.75) is 350 Å². The number of methoxy groups -OCH3 is 3. The van der Waals surface area contributed by atoms with Crippen LogP contribution in [0.25, 0.3) is 64.6 Å². The monoisotopic (exact) mass is 2110 g/mol. The Labute approximate surface area is 888 Å². The molecule has 0 saturated carbocycles. The maximum atomic E-state index is 12.5. The molecule has 0 spiro atoms. The van der Waals surface area contributed by atoms with E-state index in [-0.39, 0.29) is 28.8 Å². The van der Waals surface area contributed by atoms with Crippen LogP contribution in [0.15, 0.2) is 248 Å². The molecule has 12 aromatic carbocycles. The Hall–Kier alpha value is -7.93. The lowest BCUT2D eigenvalue weighted by Gasteiger charge is -2.35. The molecule has 0 aromatic heterocycles. The molecular formula is C126H155F3O12S6+6. The molecule has 782 valence electrons. The first-order valence-electron chi connectivity index (χ1n) is 55.5. The Morgan fingerprint density at radius 2 is 0.463 bits per heavy atom.